The molecule has 0 saturated carbocycles. The van der Waals surface area contributed by atoms with Gasteiger partial charge >= 0.3 is 5.69 Å². The van der Waals surface area contributed by atoms with Gasteiger partial charge in [-0.3, -0.25) is 10.1 Å². The van der Waals surface area contributed by atoms with Crippen LogP contribution in [0.4, 0.5) is 14.5 Å². The SMILES string of the molecule is O=[N+]([O-])c1cc(-n2cc(CCBr)nn2)c(F)cc1F. The van der Waals surface area contributed by atoms with Crippen molar-refractivity contribution in [1.29, 1.82) is 0 Å². The van der Waals surface area contributed by atoms with E-state index in [0.717, 1.165) is 10.7 Å². The summed E-state index contributed by atoms with van der Waals surface area (Å²) < 4.78 is 27.8. The van der Waals surface area contributed by atoms with Crippen LogP contribution >= 0.6 is 15.9 Å². The van der Waals surface area contributed by atoms with E-state index in [-0.39, 0.29) is 5.69 Å². The quantitative estimate of drug-likeness (QED) is 0.489. The number of hydrogen-bond acceptors (Lipinski definition) is 4. The van der Waals surface area contributed by atoms with Gasteiger partial charge in [-0.25, -0.2) is 9.07 Å². The van der Waals surface area contributed by atoms with Gasteiger partial charge in [0.1, 0.15) is 5.69 Å². The molecule has 0 aliphatic rings. The average Bonchev–Trinajstić information content (AvgIpc) is 2.77. The van der Waals surface area contributed by atoms with Gasteiger partial charge in [0.05, 0.1) is 16.8 Å². The minimum atomic E-state index is -1.23. The van der Waals surface area contributed by atoms with Gasteiger partial charge in [-0.1, -0.05) is 21.1 Å². The molecule has 100 valence electrons. The highest BCUT2D eigenvalue weighted by atomic mass is 79.9. The van der Waals surface area contributed by atoms with Crippen LogP contribution in [0, 0.1) is 21.7 Å². The van der Waals surface area contributed by atoms with Crippen LogP contribution in [0.2, 0.25) is 0 Å². The molecule has 1 heterocycles. The fourth-order valence-corrected chi connectivity index (χ4v) is 1.88. The smallest absolute Gasteiger partial charge is 0.258 e. The molecule has 1 aromatic heterocycles. The molecule has 6 nitrogen and oxygen atoms in total. The van der Waals surface area contributed by atoms with Crippen LogP contribution in [0.3, 0.4) is 0 Å². The van der Waals surface area contributed by atoms with Crippen LogP contribution in [0.15, 0.2) is 18.3 Å². The summed E-state index contributed by atoms with van der Waals surface area (Å²) in [6.07, 6.45) is 2.01. The zero-order valence-electron chi connectivity index (χ0n) is 9.39. The molecule has 2 aromatic rings. The number of nitrogens with zero attached hydrogens (tertiary/aromatic N) is 4. The normalized spacial score (nSPS) is 10.7. The molecule has 0 aliphatic carbocycles. The minimum Gasteiger partial charge on any atom is -0.258 e. The lowest BCUT2D eigenvalue weighted by Gasteiger charge is -2.02. The molecular formula is C10H7BrF2N4O2. The number of aryl methyl sites for hydroxylation is 1. The molecule has 0 unspecified atom stereocenters. The number of aromatic nitrogens is 3. The van der Waals surface area contributed by atoms with Crippen LogP contribution in [-0.4, -0.2) is 25.2 Å². The molecule has 0 N–H and O–H groups in total. The molecule has 0 bridgehead atoms. The Labute approximate surface area is 114 Å². The number of nitro groups is 1. The largest absolute Gasteiger partial charge is 0.307 e. The fourth-order valence-electron chi connectivity index (χ4n) is 1.47. The molecule has 2 rings (SSSR count). The lowest BCUT2D eigenvalue weighted by Crippen LogP contribution is -2.02. The number of rotatable bonds is 4. The van der Waals surface area contributed by atoms with Gasteiger partial charge in [-0.2, -0.15) is 4.39 Å². The molecule has 19 heavy (non-hydrogen) atoms. The van der Waals surface area contributed by atoms with Crippen molar-refractivity contribution in [3.05, 3.63) is 45.8 Å². The van der Waals surface area contributed by atoms with Crippen molar-refractivity contribution in [2.45, 2.75) is 6.42 Å². The minimum absolute atomic E-state index is 0.221. The van der Waals surface area contributed by atoms with Gasteiger partial charge < -0.3 is 0 Å². The summed E-state index contributed by atoms with van der Waals surface area (Å²) in [6.45, 7) is 0. The fraction of sp³-hybridized carbons (Fsp3) is 0.200. The van der Waals surface area contributed by atoms with E-state index >= 15 is 0 Å². The van der Waals surface area contributed by atoms with Gasteiger partial charge in [0.2, 0.25) is 5.82 Å². The molecule has 0 saturated heterocycles. The number of benzene rings is 1. The summed E-state index contributed by atoms with van der Waals surface area (Å²) in [5.74, 6) is -2.18. The first-order valence-electron chi connectivity index (χ1n) is 5.14. The third-order valence-electron chi connectivity index (χ3n) is 2.35. The van der Waals surface area contributed by atoms with Gasteiger partial charge in [0, 0.05) is 23.9 Å². The first-order chi connectivity index (χ1) is 9.02. The predicted octanol–water partition coefficient (Wildman–Crippen LogP) is 2.39. The third kappa shape index (κ3) is 2.75. The Morgan fingerprint density at radius 1 is 1.37 bits per heavy atom. The predicted molar refractivity (Wildman–Crippen MR) is 65.4 cm³/mol. The van der Waals surface area contributed by atoms with E-state index in [1.165, 1.54) is 6.20 Å². The van der Waals surface area contributed by atoms with E-state index < -0.39 is 22.2 Å². The zero-order chi connectivity index (χ0) is 14.0. The maximum Gasteiger partial charge on any atom is 0.307 e. The molecule has 0 aliphatic heterocycles. The van der Waals surface area contributed by atoms with Crippen LogP contribution in [0.1, 0.15) is 5.69 Å². The van der Waals surface area contributed by atoms with Gasteiger partial charge in [-0.15, -0.1) is 5.10 Å². The van der Waals surface area contributed by atoms with Gasteiger partial charge in [0.15, 0.2) is 5.82 Å². The van der Waals surface area contributed by atoms with E-state index in [2.05, 4.69) is 26.2 Å². The summed E-state index contributed by atoms with van der Waals surface area (Å²) in [7, 11) is 0. The summed E-state index contributed by atoms with van der Waals surface area (Å²) in [6, 6.07) is 1.25. The lowest BCUT2D eigenvalue weighted by atomic mass is 10.2. The van der Waals surface area contributed by atoms with Crippen LogP contribution < -0.4 is 0 Å². The van der Waals surface area contributed by atoms with Crippen molar-refractivity contribution in [3.8, 4) is 5.69 Å². The Hall–Kier alpha value is -1.90. The lowest BCUT2D eigenvalue weighted by molar-refractivity contribution is -0.387. The summed E-state index contributed by atoms with van der Waals surface area (Å²) in [5.41, 5.74) is -0.446. The third-order valence-corrected chi connectivity index (χ3v) is 2.75. The maximum absolute atomic E-state index is 13.6. The molecular weight excluding hydrogens is 326 g/mol. The van der Waals surface area contributed by atoms with E-state index in [1.54, 1.807) is 0 Å². The Bertz CT molecular complexity index is 632. The highest BCUT2D eigenvalue weighted by molar-refractivity contribution is 9.09. The van der Waals surface area contributed by atoms with Crippen molar-refractivity contribution < 1.29 is 13.7 Å². The van der Waals surface area contributed by atoms with Crippen molar-refractivity contribution in [1.82, 2.24) is 15.0 Å². The Kier molecular flexibility index (Phi) is 3.84. The molecule has 0 fully saturated rings. The second kappa shape index (κ2) is 5.39. The Morgan fingerprint density at radius 2 is 2.11 bits per heavy atom. The van der Waals surface area contributed by atoms with Crippen LogP contribution in [-0.2, 0) is 6.42 Å². The second-order valence-corrected chi connectivity index (χ2v) is 4.40. The highest BCUT2D eigenvalue weighted by Gasteiger charge is 2.20. The number of nitro benzene ring substituents is 1. The van der Waals surface area contributed by atoms with Gasteiger partial charge in [0.25, 0.3) is 0 Å². The van der Waals surface area contributed by atoms with E-state index in [0.29, 0.717) is 23.5 Å². The monoisotopic (exact) mass is 332 g/mol. The van der Waals surface area contributed by atoms with Crippen LogP contribution in [0.5, 0.6) is 0 Å². The molecule has 1 aromatic carbocycles. The second-order valence-electron chi connectivity index (χ2n) is 3.61. The van der Waals surface area contributed by atoms with Crippen molar-refractivity contribution in [2.75, 3.05) is 5.33 Å². The number of alkyl halides is 1. The van der Waals surface area contributed by atoms with Crippen molar-refractivity contribution in [2.24, 2.45) is 0 Å². The van der Waals surface area contributed by atoms with Crippen LogP contribution in [0.25, 0.3) is 5.69 Å². The highest BCUT2D eigenvalue weighted by Crippen LogP contribution is 2.23. The molecule has 0 spiro atoms. The van der Waals surface area contributed by atoms with E-state index in [1.807, 2.05) is 0 Å². The summed E-state index contributed by atoms with van der Waals surface area (Å²) in [4.78, 5) is 9.69. The standard InChI is InChI=1S/C10H7BrF2N4O2/c11-2-1-6-5-16(15-14-6)9-4-10(17(18)19)8(13)3-7(9)12/h3-5H,1-2H2. The maximum atomic E-state index is 13.6. The zero-order valence-corrected chi connectivity index (χ0v) is 11.0. The Balaban J connectivity index is 2.48. The number of hydrogen-bond donors (Lipinski definition) is 0. The molecule has 0 radical (unpaired) electrons. The van der Waals surface area contributed by atoms with Crippen molar-refractivity contribution >= 4 is 21.6 Å². The first kappa shape index (κ1) is 13.5. The average molecular weight is 333 g/mol. The molecule has 0 amide bonds. The Morgan fingerprint density at radius 3 is 2.74 bits per heavy atom. The van der Waals surface area contributed by atoms with Crippen molar-refractivity contribution in [3.63, 3.8) is 0 Å². The van der Waals surface area contributed by atoms with E-state index in [4.69, 9.17) is 0 Å². The number of halogens is 3. The molecule has 9 heteroatoms. The van der Waals surface area contributed by atoms with Gasteiger partial charge in [-0.05, 0) is 0 Å². The molecule has 0 atom stereocenters. The topological polar surface area (TPSA) is 73.8 Å². The summed E-state index contributed by atoms with van der Waals surface area (Å²) in [5, 5.41) is 18.7. The van der Waals surface area contributed by atoms with E-state index in [9.17, 15) is 18.9 Å². The summed E-state index contributed by atoms with van der Waals surface area (Å²) >= 11 is 3.22. The first-order valence-corrected chi connectivity index (χ1v) is 6.26.